The Bertz CT molecular complexity index is 777. The Kier molecular flexibility index (Phi) is 5.52. The average Bonchev–Trinajstić information content (AvgIpc) is 2.60. The maximum absolute atomic E-state index is 12.6. The van der Waals surface area contributed by atoms with Crippen molar-refractivity contribution in [3.63, 3.8) is 0 Å². The molecular formula is C20H27N5O. The number of nitrogens with one attached hydrogen (secondary N) is 1. The number of piperazine rings is 1. The highest BCUT2D eigenvalue weighted by Crippen LogP contribution is 2.17. The quantitative estimate of drug-likeness (QED) is 0.916. The Morgan fingerprint density at radius 1 is 1.08 bits per heavy atom. The first-order valence-corrected chi connectivity index (χ1v) is 9.17. The van der Waals surface area contributed by atoms with Gasteiger partial charge in [-0.3, -0.25) is 4.79 Å². The van der Waals surface area contributed by atoms with Gasteiger partial charge in [-0.05, 0) is 50.6 Å². The van der Waals surface area contributed by atoms with Crippen LogP contribution < -0.4 is 10.2 Å². The van der Waals surface area contributed by atoms with Crippen molar-refractivity contribution in [3.05, 3.63) is 46.8 Å². The van der Waals surface area contributed by atoms with Crippen LogP contribution in [0.5, 0.6) is 0 Å². The molecule has 1 aromatic heterocycles. The first-order chi connectivity index (χ1) is 12.5. The molecular weight excluding hydrogens is 326 g/mol. The van der Waals surface area contributed by atoms with E-state index >= 15 is 0 Å². The molecule has 1 aliphatic heterocycles. The van der Waals surface area contributed by atoms with Crippen molar-refractivity contribution in [3.8, 4) is 0 Å². The summed E-state index contributed by atoms with van der Waals surface area (Å²) >= 11 is 0. The van der Waals surface area contributed by atoms with Crippen molar-refractivity contribution in [2.24, 2.45) is 0 Å². The summed E-state index contributed by atoms with van der Waals surface area (Å²) < 4.78 is 0. The van der Waals surface area contributed by atoms with Crippen LogP contribution in [-0.4, -0.2) is 53.5 Å². The number of amides is 1. The molecule has 2 heterocycles. The van der Waals surface area contributed by atoms with Gasteiger partial charge in [0.05, 0.1) is 11.3 Å². The number of hydrogen-bond acceptors (Lipinski definition) is 5. The molecule has 6 nitrogen and oxygen atoms in total. The number of anilines is 2. The summed E-state index contributed by atoms with van der Waals surface area (Å²) in [5.41, 5.74) is 4.26. The second-order valence-electron chi connectivity index (χ2n) is 6.92. The van der Waals surface area contributed by atoms with E-state index in [1.54, 1.807) is 6.20 Å². The number of carbonyl (C=O) groups excluding carboxylic acids is 1. The minimum atomic E-state index is -0.171. The van der Waals surface area contributed by atoms with E-state index in [1.807, 2.05) is 32.9 Å². The van der Waals surface area contributed by atoms with E-state index in [-0.39, 0.29) is 5.91 Å². The van der Waals surface area contributed by atoms with E-state index in [0.717, 1.165) is 49.5 Å². The number of benzene rings is 1. The molecule has 0 spiro atoms. The molecule has 3 rings (SSSR count). The fraction of sp³-hybridized carbons (Fsp3) is 0.450. The van der Waals surface area contributed by atoms with Gasteiger partial charge in [-0.2, -0.15) is 0 Å². The van der Waals surface area contributed by atoms with E-state index in [0.29, 0.717) is 17.2 Å². The highest BCUT2D eigenvalue weighted by Gasteiger charge is 2.19. The highest BCUT2D eigenvalue weighted by atomic mass is 16.1. The molecule has 6 heteroatoms. The van der Waals surface area contributed by atoms with Crippen LogP contribution in [0.3, 0.4) is 0 Å². The van der Waals surface area contributed by atoms with Gasteiger partial charge in [0.1, 0.15) is 0 Å². The predicted octanol–water partition coefficient (Wildman–Crippen LogP) is 2.80. The topological polar surface area (TPSA) is 61.4 Å². The molecule has 138 valence electrons. The van der Waals surface area contributed by atoms with E-state index in [1.165, 1.54) is 0 Å². The van der Waals surface area contributed by atoms with Gasteiger partial charge in [0, 0.05) is 38.1 Å². The van der Waals surface area contributed by atoms with Gasteiger partial charge in [0.25, 0.3) is 5.91 Å². The molecule has 26 heavy (non-hydrogen) atoms. The fourth-order valence-electron chi connectivity index (χ4n) is 3.34. The molecule has 0 atom stereocenters. The van der Waals surface area contributed by atoms with Crippen LogP contribution in [0.25, 0.3) is 0 Å². The first-order valence-electron chi connectivity index (χ1n) is 9.17. The molecule has 1 N–H and O–H groups in total. The van der Waals surface area contributed by atoms with Crippen LogP contribution in [0.4, 0.5) is 11.6 Å². The van der Waals surface area contributed by atoms with Gasteiger partial charge in [0.2, 0.25) is 5.95 Å². The minimum Gasteiger partial charge on any atom is -0.338 e. The third-order valence-corrected chi connectivity index (χ3v) is 4.79. The Labute approximate surface area is 155 Å². The van der Waals surface area contributed by atoms with Crippen LogP contribution >= 0.6 is 0 Å². The summed E-state index contributed by atoms with van der Waals surface area (Å²) in [5.74, 6) is 0.538. The molecule has 1 fully saturated rings. The lowest BCUT2D eigenvalue weighted by molar-refractivity contribution is 0.102. The van der Waals surface area contributed by atoms with Crippen LogP contribution in [0.15, 0.2) is 24.4 Å². The molecule has 1 amide bonds. The molecule has 2 aromatic rings. The second-order valence-corrected chi connectivity index (χ2v) is 6.92. The zero-order valence-electron chi connectivity index (χ0n) is 16.0. The second kappa shape index (κ2) is 7.83. The van der Waals surface area contributed by atoms with E-state index in [2.05, 4.69) is 38.1 Å². The SMILES string of the molecule is CCN1CCN(c2ncc(C(=O)Nc3cc(C)cc(C)c3)c(C)n2)CC1. The van der Waals surface area contributed by atoms with Crippen molar-refractivity contribution in [2.45, 2.75) is 27.7 Å². The standard InChI is InChI=1S/C20H27N5O/c1-5-24-6-8-25(9-7-24)20-21-13-18(16(4)22-20)19(26)23-17-11-14(2)10-15(3)12-17/h10-13H,5-9H2,1-4H3,(H,23,26). The molecule has 1 aliphatic rings. The summed E-state index contributed by atoms with van der Waals surface area (Å²) in [6.45, 7) is 13.0. The van der Waals surface area contributed by atoms with Crippen molar-refractivity contribution in [1.82, 2.24) is 14.9 Å². The molecule has 0 aliphatic carbocycles. The van der Waals surface area contributed by atoms with Gasteiger partial charge in [-0.1, -0.05) is 13.0 Å². The Hall–Kier alpha value is -2.47. The van der Waals surface area contributed by atoms with Crippen LogP contribution in [0.1, 0.15) is 34.1 Å². The molecule has 0 saturated carbocycles. The molecule has 0 radical (unpaired) electrons. The third-order valence-electron chi connectivity index (χ3n) is 4.79. The first kappa shape index (κ1) is 18.3. The zero-order valence-corrected chi connectivity index (χ0v) is 16.0. The molecule has 1 aromatic carbocycles. The highest BCUT2D eigenvalue weighted by molar-refractivity contribution is 6.04. The Morgan fingerprint density at radius 3 is 2.31 bits per heavy atom. The summed E-state index contributed by atoms with van der Waals surface area (Å²) in [4.78, 5) is 26.2. The van der Waals surface area contributed by atoms with Crippen molar-refractivity contribution < 1.29 is 4.79 Å². The van der Waals surface area contributed by atoms with Crippen molar-refractivity contribution >= 4 is 17.5 Å². The van der Waals surface area contributed by atoms with Gasteiger partial charge in [-0.25, -0.2) is 9.97 Å². The lowest BCUT2D eigenvalue weighted by atomic mass is 10.1. The fourth-order valence-corrected chi connectivity index (χ4v) is 3.34. The van der Waals surface area contributed by atoms with Crippen molar-refractivity contribution in [1.29, 1.82) is 0 Å². The largest absolute Gasteiger partial charge is 0.338 e. The van der Waals surface area contributed by atoms with Gasteiger partial charge >= 0.3 is 0 Å². The number of rotatable bonds is 4. The number of likely N-dealkylation sites (N-methyl/N-ethyl adjacent to an activating group) is 1. The molecule has 0 unspecified atom stereocenters. The maximum atomic E-state index is 12.6. The third kappa shape index (κ3) is 4.19. The minimum absolute atomic E-state index is 0.171. The Morgan fingerprint density at radius 2 is 1.73 bits per heavy atom. The number of aryl methyl sites for hydroxylation is 3. The summed E-state index contributed by atoms with van der Waals surface area (Å²) in [6, 6.07) is 6.00. The lowest BCUT2D eigenvalue weighted by Crippen LogP contribution is -2.46. The van der Waals surface area contributed by atoms with Gasteiger partial charge < -0.3 is 15.1 Å². The van der Waals surface area contributed by atoms with E-state index < -0.39 is 0 Å². The number of aromatic nitrogens is 2. The average molecular weight is 353 g/mol. The number of carbonyl (C=O) groups is 1. The number of hydrogen-bond donors (Lipinski definition) is 1. The lowest BCUT2D eigenvalue weighted by Gasteiger charge is -2.34. The van der Waals surface area contributed by atoms with Gasteiger partial charge in [0.15, 0.2) is 0 Å². The Balaban J connectivity index is 1.72. The van der Waals surface area contributed by atoms with E-state index in [9.17, 15) is 4.79 Å². The monoisotopic (exact) mass is 353 g/mol. The molecule has 0 bridgehead atoms. The van der Waals surface area contributed by atoms with Gasteiger partial charge in [-0.15, -0.1) is 0 Å². The van der Waals surface area contributed by atoms with E-state index in [4.69, 9.17) is 0 Å². The zero-order chi connectivity index (χ0) is 18.7. The summed E-state index contributed by atoms with van der Waals surface area (Å²) in [7, 11) is 0. The van der Waals surface area contributed by atoms with Crippen LogP contribution in [-0.2, 0) is 0 Å². The van der Waals surface area contributed by atoms with Crippen LogP contribution in [0, 0.1) is 20.8 Å². The number of nitrogens with zero attached hydrogens (tertiary/aromatic N) is 4. The summed E-state index contributed by atoms with van der Waals surface area (Å²) in [6.07, 6.45) is 1.64. The van der Waals surface area contributed by atoms with Crippen molar-refractivity contribution in [2.75, 3.05) is 42.9 Å². The molecule has 1 saturated heterocycles. The predicted molar refractivity (Wildman–Crippen MR) is 105 cm³/mol. The normalized spacial score (nSPS) is 15.2. The summed E-state index contributed by atoms with van der Waals surface area (Å²) in [5, 5.41) is 2.95. The van der Waals surface area contributed by atoms with Crippen LogP contribution in [0.2, 0.25) is 0 Å². The maximum Gasteiger partial charge on any atom is 0.259 e. The smallest absolute Gasteiger partial charge is 0.259 e.